The van der Waals surface area contributed by atoms with Crippen molar-refractivity contribution in [2.45, 2.75) is 187 Å². The lowest BCUT2D eigenvalue weighted by Gasteiger charge is -2.18. The van der Waals surface area contributed by atoms with Crippen LogP contribution in [0.2, 0.25) is 0 Å². The Kier molecular flexibility index (Phi) is 34.6. The maximum atomic E-state index is 12.4. The molecule has 0 aromatic heterocycles. The number of aliphatic hydroxyl groups excluding tert-OH is 1. The molecule has 0 bridgehead atoms. The van der Waals surface area contributed by atoms with E-state index < -0.39 is 32.5 Å². The van der Waals surface area contributed by atoms with Crippen molar-refractivity contribution in [3.8, 4) is 0 Å². The van der Waals surface area contributed by atoms with E-state index in [2.05, 4.69) is 55.7 Å². The first-order valence-corrected chi connectivity index (χ1v) is 21.9. The predicted octanol–water partition coefficient (Wildman–Crippen LogP) is 11.2. The summed E-state index contributed by atoms with van der Waals surface area (Å²) in [5.41, 5.74) is 0. The SMILES string of the molecule is CCCC(O)C/C=C\C/C=C\C/C=C\C/C=C\CCCC(=O)OC[C@H](COP(=O)(O)O)OC(=O)CCCCCCCCCCCCCCCC(C)C. The first-order valence-electron chi connectivity index (χ1n) is 20.4. The molecule has 52 heavy (non-hydrogen) atoms. The van der Waals surface area contributed by atoms with E-state index in [9.17, 15) is 19.3 Å². The summed E-state index contributed by atoms with van der Waals surface area (Å²) in [6.45, 7) is 5.77. The number of carbonyl (C=O) groups excluding carboxylic acids is 2. The molecule has 0 aromatic carbocycles. The van der Waals surface area contributed by atoms with Gasteiger partial charge in [0.15, 0.2) is 6.10 Å². The van der Waals surface area contributed by atoms with E-state index in [0.29, 0.717) is 25.7 Å². The van der Waals surface area contributed by atoms with Crippen LogP contribution in [0.5, 0.6) is 0 Å². The number of aliphatic hydroxyl groups is 1. The average molecular weight is 755 g/mol. The number of hydrogen-bond donors (Lipinski definition) is 3. The summed E-state index contributed by atoms with van der Waals surface area (Å²) in [7, 11) is -4.77. The number of unbranched alkanes of at least 4 members (excludes halogenated alkanes) is 13. The standard InChI is InChI=1S/C42H75O9P/c1-4-31-39(43)33-28-24-20-16-12-8-6-9-13-17-21-25-29-34-41(44)49-36-40(37-50-52(46,47)48)51-42(45)35-30-26-22-18-14-10-5-7-11-15-19-23-27-32-38(2)3/h6,9,12,16-17,21,24,28,38-40,43H,4-5,7-8,10-11,13-15,18-20,22-23,25-27,29-37H2,1-3H3,(H2,46,47,48)/b9-6-,16-12-,21-17-,28-24-/t39?,40-/m1/s1. The fourth-order valence-electron chi connectivity index (χ4n) is 5.57. The number of ether oxygens (including phenoxy) is 2. The Labute approximate surface area is 317 Å². The van der Waals surface area contributed by atoms with Crippen molar-refractivity contribution in [1.29, 1.82) is 0 Å². The molecule has 0 fully saturated rings. The van der Waals surface area contributed by atoms with Gasteiger partial charge < -0.3 is 24.4 Å². The van der Waals surface area contributed by atoms with E-state index in [1.54, 1.807) is 0 Å². The predicted molar refractivity (Wildman–Crippen MR) is 213 cm³/mol. The van der Waals surface area contributed by atoms with Gasteiger partial charge in [0, 0.05) is 12.8 Å². The molecule has 0 amide bonds. The second-order valence-electron chi connectivity index (χ2n) is 14.3. The van der Waals surface area contributed by atoms with E-state index >= 15 is 0 Å². The summed E-state index contributed by atoms with van der Waals surface area (Å²) in [4.78, 5) is 42.8. The minimum Gasteiger partial charge on any atom is -0.462 e. The van der Waals surface area contributed by atoms with Crippen LogP contribution in [0.4, 0.5) is 0 Å². The van der Waals surface area contributed by atoms with Gasteiger partial charge in [0.05, 0.1) is 12.7 Å². The van der Waals surface area contributed by atoms with Gasteiger partial charge in [-0.15, -0.1) is 0 Å². The van der Waals surface area contributed by atoms with Gasteiger partial charge in [-0.1, -0.05) is 159 Å². The molecular weight excluding hydrogens is 679 g/mol. The van der Waals surface area contributed by atoms with E-state index in [0.717, 1.165) is 57.3 Å². The summed E-state index contributed by atoms with van der Waals surface area (Å²) in [5.74, 6) is -0.152. The highest BCUT2D eigenvalue weighted by Crippen LogP contribution is 2.36. The summed E-state index contributed by atoms with van der Waals surface area (Å²) < 4.78 is 26.3. The fraction of sp³-hybridized carbons (Fsp3) is 0.762. The number of rotatable bonds is 36. The van der Waals surface area contributed by atoms with E-state index in [1.165, 1.54) is 64.2 Å². The molecule has 302 valence electrons. The number of carbonyl (C=O) groups is 2. The lowest BCUT2D eigenvalue weighted by Crippen LogP contribution is -2.29. The molecule has 0 spiro atoms. The largest absolute Gasteiger partial charge is 0.469 e. The van der Waals surface area contributed by atoms with Crippen LogP contribution in [0.3, 0.4) is 0 Å². The lowest BCUT2D eigenvalue weighted by molar-refractivity contribution is -0.161. The molecule has 0 saturated heterocycles. The number of phosphoric acid groups is 1. The highest BCUT2D eigenvalue weighted by atomic mass is 31.2. The number of esters is 2. The van der Waals surface area contributed by atoms with Crippen LogP contribution in [0, 0.1) is 5.92 Å². The van der Waals surface area contributed by atoms with Crippen molar-refractivity contribution in [1.82, 2.24) is 0 Å². The van der Waals surface area contributed by atoms with Crippen molar-refractivity contribution in [3.63, 3.8) is 0 Å². The highest BCUT2D eigenvalue weighted by Gasteiger charge is 2.22. The maximum absolute atomic E-state index is 12.4. The van der Waals surface area contributed by atoms with Gasteiger partial charge in [-0.05, 0) is 57.3 Å². The molecular formula is C42H75O9P. The van der Waals surface area contributed by atoms with Gasteiger partial charge in [-0.3, -0.25) is 14.1 Å². The topological polar surface area (TPSA) is 140 Å². The summed E-state index contributed by atoms with van der Waals surface area (Å²) in [6, 6.07) is 0. The van der Waals surface area contributed by atoms with E-state index in [-0.39, 0.29) is 25.6 Å². The van der Waals surface area contributed by atoms with Crippen molar-refractivity contribution in [2.75, 3.05) is 13.2 Å². The summed E-state index contributed by atoms with van der Waals surface area (Å²) >= 11 is 0. The van der Waals surface area contributed by atoms with Crippen LogP contribution in [-0.2, 0) is 28.2 Å². The average Bonchev–Trinajstić information content (AvgIpc) is 3.09. The third-order valence-electron chi connectivity index (χ3n) is 8.58. The van der Waals surface area contributed by atoms with Crippen LogP contribution in [0.15, 0.2) is 48.6 Å². The van der Waals surface area contributed by atoms with Crippen LogP contribution in [-0.4, -0.2) is 52.3 Å². The zero-order chi connectivity index (χ0) is 38.5. The zero-order valence-corrected chi connectivity index (χ0v) is 33.9. The molecule has 0 rings (SSSR count). The van der Waals surface area contributed by atoms with Crippen LogP contribution < -0.4 is 0 Å². The van der Waals surface area contributed by atoms with Gasteiger partial charge in [0.2, 0.25) is 0 Å². The molecule has 0 radical (unpaired) electrons. The quantitative estimate of drug-likeness (QED) is 0.0247. The van der Waals surface area contributed by atoms with Gasteiger partial charge in [-0.25, -0.2) is 4.57 Å². The van der Waals surface area contributed by atoms with Crippen molar-refractivity contribution < 1.29 is 43.0 Å². The Morgan fingerprint density at radius 1 is 0.615 bits per heavy atom. The number of phosphoric ester groups is 1. The van der Waals surface area contributed by atoms with Gasteiger partial charge in [-0.2, -0.15) is 0 Å². The number of hydrogen-bond acceptors (Lipinski definition) is 7. The molecule has 3 N–H and O–H groups in total. The minimum absolute atomic E-state index is 0.176. The smallest absolute Gasteiger partial charge is 0.462 e. The Morgan fingerprint density at radius 2 is 1.10 bits per heavy atom. The summed E-state index contributed by atoms with van der Waals surface area (Å²) in [5, 5.41) is 9.70. The Balaban J connectivity index is 4.04. The molecule has 0 saturated carbocycles. The molecule has 9 nitrogen and oxygen atoms in total. The van der Waals surface area contributed by atoms with Gasteiger partial charge in [0.1, 0.15) is 6.61 Å². The molecule has 1 unspecified atom stereocenters. The first-order chi connectivity index (χ1) is 25.0. The molecule has 10 heteroatoms. The van der Waals surface area contributed by atoms with Gasteiger partial charge >= 0.3 is 19.8 Å². The highest BCUT2D eigenvalue weighted by molar-refractivity contribution is 7.46. The normalized spacial score (nSPS) is 13.7. The maximum Gasteiger partial charge on any atom is 0.469 e. The van der Waals surface area contributed by atoms with Gasteiger partial charge in [0.25, 0.3) is 0 Å². The van der Waals surface area contributed by atoms with Crippen molar-refractivity contribution in [2.24, 2.45) is 5.92 Å². The monoisotopic (exact) mass is 755 g/mol. The van der Waals surface area contributed by atoms with E-state index in [1.807, 2.05) is 18.2 Å². The first kappa shape index (κ1) is 50.0. The third-order valence-corrected chi connectivity index (χ3v) is 9.07. The molecule has 0 heterocycles. The molecule has 0 aliphatic heterocycles. The summed E-state index contributed by atoms with van der Waals surface area (Å²) in [6.07, 6.45) is 39.0. The van der Waals surface area contributed by atoms with Crippen LogP contribution in [0.25, 0.3) is 0 Å². The van der Waals surface area contributed by atoms with Crippen LogP contribution in [0.1, 0.15) is 175 Å². The fourth-order valence-corrected chi connectivity index (χ4v) is 5.93. The second-order valence-corrected chi connectivity index (χ2v) is 15.5. The number of allylic oxidation sites excluding steroid dienone is 7. The molecule has 2 atom stereocenters. The minimum atomic E-state index is -4.77. The molecule has 0 aliphatic rings. The lowest BCUT2D eigenvalue weighted by atomic mass is 10.0. The Bertz CT molecular complexity index is 1010. The van der Waals surface area contributed by atoms with Crippen molar-refractivity contribution >= 4 is 19.8 Å². The van der Waals surface area contributed by atoms with E-state index in [4.69, 9.17) is 19.3 Å². The molecule has 0 aromatic rings. The Hall–Kier alpha value is -2.03. The third kappa shape index (κ3) is 39.2. The molecule has 0 aliphatic carbocycles. The van der Waals surface area contributed by atoms with Crippen molar-refractivity contribution in [3.05, 3.63) is 48.6 Å². The Morgan fingerprint density at radius 3 is 1.62 bits per heavy atom. The van der Waals surface area contributed by atoms with Crippen LogP contribution >= 0.6 is 7.82 Å². The zero-order valence-electron chi connectivity index (χ0n) is 33.0. The second kappa shape index (κ2) is 36.0.